The normalized spacial score (nSPS) is 18.4. The SMILES string of the molecule is COC(=O)CC1CCNc2ccc(O)cc21. The van der Waals surface area contributed by atoms with Gasteiger partial charge in [0.2, 0.25) is 0 Å². The number of ether oxygens (including phenoxy) is 1. The summed E-state index contributed by atoms with van der Waals surface area (Å²) in [5.74, 6) is 0.161. The third-order valence-corrected chi connectivity index (χ3v) is 2.92. The third-order valence-electron chi connectivity index (χ3n) is 2.92. The fourth-order valence-corrected chi connectivity index (χ4v) is 2.08. The van der Waals surface area contributed by atoms with Crippen LogP contribution in [0.15, 0.2) is 18.2 Å². The molecule has 0 aliphatic carbocycles. The zero-order valence-electron chi connectivity index (χ0n) is 9.19. The van der Waals surface area contributed by atoms with Crippen LogP contribution >= 0.6 is 0 Å². The molecule has 0 saturated carbocycles. The highest BCUT2D eigenvalue weighted by Crippen LogP contribution is 2.36. The highest BCUT2D eigenvalue weighted by Gasteiger charge is 2.23. The van der Waals surface area contributed by atoms with Gasteiger partial charge in [0, 0.05) is 12.2 Å². The lowest BCUT2D eigenvalue weighted by Gasteiger charge is -2.26. The first-order chi connectivity index (χ1) is 7.70. The van der Waals surface area contributed by atoms with Crippen molar-refractivity contribution in [3.63, 3.8) is 0 Å². The van der Waals surface area contributed by atoms with Gasteiger partial charge in [0.05, 0.1) is 13.5 Å². The number of hydrogen-bond donors (Lipinski definition) is 2. The van der Waals surface area contributed by atoms with Crippen LogP contribution in [0, 0.1) is 0 Å². The second-order valence-electron chi connectivity index (χ2n) is 3.96. The van der Waals surface area contributed by atoms with Gasteiger partial charge in [-0.05, 0) is 36.1 Å². The Bertz CT molecular complexity index is 403. The van der Waals surface area contributed by atoms with Crippen molar-refractivity contribution < 1.29 is 14.6 Å². The van der Waals surface area contributed by atoms with E-state index in [9.17, 15) is 9.90 Å². The number of nitrogens with one attached hydrogen (secondary N) is 1. The molecule has 0 bridgehead atoms. The summed E-state index contributed by atoms with van der Waals surface area (Å²) in [4.78, 5) is 11.3. The Morgan fingerprint density at radius 1 is 1.62 bits per heavy atom. The summed E-state index contributed by atoms with van der Waals surface area (Å²) in [6, 6.07) is 5.20. The number of rotatable bonds is 2. The fraction of sp³-hybridized carbons (Fsp3) is 0.417. The molecule has 2 rings (SSSR count). The zero-order valence-corrected chi connectivity index (χ0v) is 9.19. The van der Waals surface area contributed by atoms with E-state index in [-0.39, 0.29) is 17.6 Å². The van der Waals surface area contributed by atoms with Gasteiger partial charge in [0.25, 0.3) is 0 Å². The third kappa shape index (κ3) is 2.10. The number of aromatic hydroxyl groups is 1. The molecule has 1 aliphatic rings. The van der Waals surface area contributed by atoms with E-state index < -0.39 is 0 Å². The Hall–Kier alpha value is -1.71. The molecule has 0 spiro atoms. The molecule has 0 radical (unpaired) electrons. The second-order valence-corrected chi connectivity index (χ2v) is 3.96. The molecular formula is C12H15NO3. The molecule has 2 N–H and O–H groups in total. The maximum absolute atomic E-state index is 11.3. The minimum absolute atomic E-state index is 0.135. The molecule has 86 valence electrons. The standard InChI is InChI=1S/C12H15NO3/c1-16-12(15)6-8-4-5-13-11-3-2-9(14)7-10(8)11/h2-3,7-8,13-14H,4-6H2,1H3. The minimum atomic E-state index is -0.207. The van der Waals surface area contributed by atoms with Gasteiger partial charge in [-0.3, -0.25) is 4.79 Å². The average molecular weight is 221 g/mol. The van der Waals surface area contributed by atoms with Crippen molar-refractivity contribution in [3.05, 3.63) is 23.8 Å². The summed E-state index contributed by atoms with van der Waals surface area (Å²) < 4.78 is 4.68. The van der Waals surface area contributed by atoms with Crippen molar-refractivity contribution >= 4 is 11.7 Å². The van der Waals surface area contributed by atoms with Crippen molar-refractivity contribution in [3.8, 4) is 5.75 Å². The van der Waals surface area contributed by atoms with Crippen LogP contribution in [-0.2, 0) is 9.53 Å². The molecular weight excluding hydrogens is 206 g/mol. The van der Waals surface area contributed by atoms with Crippen molar-refractivity contribution in [2.75, 3.05) is 19.0 Å². The Morgan fingerprint density at radius 3 is 3.19 bits per heavy atom. The maximum atomic E-state index is 11.3. The number of carbonyl (C=O) groups excluding carboxylic acids is 1. The van der Waals surface area contributed by atoms with Crippen LogP contribution in [0.2, 0.25) is 0 Å². The van der Waals surface area contributed by atoms with E-state index in [1.54, 1.807) is 12.1 Å². The molecule has 4 heteroatoms. The number of phenolic OH excluding ortho intramolecular Hbond substituents is 1. The summed E-state index contributed by atoms with van der Waals surface area (Å²) in [6.45, 7) is 0.847. The molecule has 4 nitrogen and oxygen atoms in total. The van der Waals surface area contributed by atoms with Crippen LogP contribution in [0.5, 0.6) is 5.75 Å². The molecule has 0 aromatic heterocycles. The van der Waals surface area contributed by atoms with Gasteiger partial charge >= 0.3 is 5.97 Å². The van der Waals surface area contributed by atoms with E-state index in [4.69, 9.17) is 0 Å². The molecule has 1 heterocycles. The lowest BCUT2D eigenvalue weighted by atomic mass is 9.88. The van der Waals surface area contributed by atoms with E-state index in [0.717, 1.165) is 24.2 Å². The quantitative estimate of drug-likeness (QED) is 0.591. The first-order valence-electron chi connectivity index (χ1n) is 5.34. The number of benzene rings is 1. The molecule has 0 amide bonds. The molecule has 1 aromatic carbocycles. The molecule has 0 saturated heterocycles. The van der Waals surface area contributed by atoms with Crippen molar-refractivity contribution in [1.82, 2.24) is 0 Å². The highest BCUT2D eigenvalue weighted by molar-refractivity contribution is 5.71. The lowest BCUT2D eigenvalue weighted by Crippen LogP contribution is -2.19. The summed E-state index contributed by atoms with van der Waals surface area (Å²) >= 11 is 0. The smallest absolute Gasteiger partial charge is 0.306 e. The summed E-state index contributed by atoms with van der Waals surface area (Å²) in [5, 5.41) is 12.7. The van der Waals surface area contributed by atoms with Crippen LogP contribution in [0.25, 0.3) is 0 Å². The van der Waals surface area contributed by atoms with E-state index in [0.29, 0.717) is 6.42 Å². The van der Waals surface area contributed by atoms with Crippen LogP contribution < -0.4 is 5.32 Å². The van der Waals surface area contributed by atoms with Crippen molar-refractivity contribution in [2.24, 2.45) is 0 Å². The number of esters is 1. The van der Waals surface area contributed by atoms with Crippen LogP contribution in [0.1, 0.15) is 24.3 Å². The Morgan fingerprint density at radius 2 is 2.44 bits per heavy atom. The summed E-state index contributed by atoms with van der Waals surface area (Å²) in [7, 11) is 1.40. The Balaban J connectivity index is 2.24. The van der Waals surface area contributed by atoms with E-state index >= 15 is 0 Å². The molecule has 0 fully saturated rings. The topological polar surface area (TPSA) is 58.6 Å². The number of hydrogen-bond acceptors (Lipinski definition) is 4. The number of anilines is 1. The summed E-state index contributed by atoms with van der Waals surface area (Å²) in [6.07, 6.45) is 1.25. The first kappa shape index (κ1) is 10.8. The van der Waals surface area contributed by atoms with Gasteiger partial charge in [-0.15, -0.1) is 0 Å². The zero-order chi connectivity index (χ0) is 11.5. The lowest BCUT2D eigenvalue weighted by molar-refractivity contribution is -0.141. The average Bonchev–Trinajstić information content (AvgIpc) is 2.29. The Kier molecular flexibility index (Phi) is 2.99. The van der Waals surface area contributed by atoms with Gasteiger partial charge in [-0.2, -0.15) is 0 Å². The molecule has 1 unspecified atom stereocenters. The molecule has 1 aromatic rings. The van der Waals surface area contributed by atoms with Gasteiger partial charge in [0.15, 0.2) is 0 Å². The predicted octanol–water partition coefficient (Wildman–Crippen LogP) is 1.85. The van der Waals surface area contributed by atoms with Gasteiger partial charge in [-0.25, -0.2) is 0 Å². The number of methoxy groups -OCH3 is 1. The first-order valence-corrected chi connectivity index (χ1v) is 5.34. The number of carbonyl (C=O) groups is 1. The van der Waals surface area contributed by atoms with Crippen LogP contribution in [-0.4, -0.2) is 24.7 Å². The molecule has 1 aliphatic heterocycles. The second kappa shape index (κ2) is 4.43. The summed E-state index contributed by atoms with van der Waals surface area (Å²) in [5.41, 5.74) is 2.00. The number of phenols is 1. The minimum Gasteiger partial charge on any atom is -0.508 e. The molecule has 16 heavy (non-hydrogen) atoms. The van der Waals surface area contributed by atoms with E-state index in [1.807, 2.05) is 6.07 Å². The van der Waals surface area contributed by atoms with Crippen LogP contribution in [0.4, 0.5) is 5.69 Å². The van der Waals surface area contributed by atoms with E-state index in [1.165, 1.54) is 7.11 Å². The van der Waals surface area contributed by atoms with E-state index in [2.05, 4.69) is 10.1 Å². The predicted molar refractivity (Wildman–Crippen MR) is 60.6 cm³/mol. The monoisotopic (exact) mass is 221 g/mol. The van der Waals surface area contributed by atoms with Crippen molar-refractivity contribution in [2.45, 2.75) is 18.8 Å². The van der Waals surface area contributed by atoms with Crippen LogP contribution in [0.3, 0.4) is 0 Å². The largest absolute Gasteiger partial charge is 0.508 e. The van der Waals surface area contributed by atoms with Gasteiger partial charge in [0.1, 0.15) is 5.75 Å². The van der Waals surface area contributed by atoms with Crippen molar-refractivity contribution in [1.29, 1.82) is 0 Å². The number of fused-ring (bicyclic) bond motifs is 1. The Labute approximate surface area is 94.2 Å². The highest BCUT2D eigenvalue weighted by atomic mass is 16.5. The molecule has 1 atom stereocenters. The van der Waals surface area contributed by atoms with Gasteiger partial charge in [-0.1, -0.05) is 0 Å². The van der Waals surface area contributed by atoms with Gasteiger partial charge < -0.3 is 15.2 Å². The fourth-order valence-electron chi connectivity index (χ4n) is 2.08. The maximum Gasteiger partial charge on any atom is 0.306 e.